The van der Waals surface area contributed by atoms with Crippen LogP contribution in [0.2, 0.25) is 10.0 Å². The second-order valence-electron chi connectivity index (χ2n) is 7.86. The lowest BCUT2D eigenvalue weighted by molar-refractivity contribution is -0.117. The highest BCUT2D eigenvalue weighted by atomic mass is 35.5. The van der Waals surface area contributed by atoms with Crippen LogP contribution in [0, 0.1) is 0 Å². The van der Waals surface area contributed by atoms with Crippen molar-refractivity contribution in [2.75, 3.05) is 32.6 Å². The Bertz CT molecular complexity index is 1320. The number of nitrogens with zero attached hydrogens (tertiary/aromatic N) is 2. The zero-order valence-corrected chi connectivity index (χ0v) is 20.6. The average molecular weight is 519 g/mol. The lowest BCUT2D eigenvalue weighted by Gasteiger charge is -2.33. The Morgan fingerprint density at radius 3 is 2.57 bits per heavy atom. The van der Waals surface area contributed by atoms with Gasteiger partial charge in [-0.05, 0) is 25.1 Å². The molecule has 0 aliphatic carbocycles. The standard InChI is InChI=1S/C23H24Cl2N6O4/c1-4-17(32)28-12-5-6-26-10-14(12)30-23-27-9-11-7-13(29-22(33)21(11)31-23)18-19(24)15(34-2)8-16(35-3)20(18)25/h4,7-9,12,14,26H,1,5-6,10H2,2-3H3,(H,28,32)(H,29,33)(H,27,30,31)/t12-,14+/m0/s1. The first-order valence-electron chi connectivity index (χ1n) is 10.8. The predicted molar refractivity (Wildman–Crippen MR) is 136 cm³/mol. The number of fused-ring (bicyclic) bond motifs is 1. The van der Waals surface area contributed by atoms with Gasteiger partial charge in [-0.1, -0.05) is 29.8 Å². The van der Waals surface area contributed by atoms with Crippen molar-refractivity contribution < 1.29 is 14.3 Å². The largest absolute Gasteiger partial charge is 0.495 e. The summed E-state index contributed by atoms with van der Waals surface area (Å²) < 4.78 is 10.6. The molecule has 1 aliphatic rings. The second-order valence-corrected chi connectivity index (χ2v) is 8.61. The monoisotopic (exact) mass is 518 g/mol. The van der Waals surface area contributed by atoms with Gasteiger partial charge in [0.1, 0.15) is 17.0 Å². The molecule has 1 fully saturated rings. The number of halogens is 2. The molecule has 1 aromatic carbocycles. The first-order valence-corrected chi connectivity index (χ1v) is 11.5. The highest BCUT2D eigenvalue weighted by molar-refractivity contribution is 6.41. The average Bonchev–Trinajstić information content (AvgIpc) is 2.86. The van der Waals surface area contributed by atoms with E-state index in [1.54, 1.807) is 12.1 Å². The van der Waals surface area contributed by atoms with Crippen molar-refractivity contribution >= 4 is 46.0 Å². The molecule has 2 aromatic heterocycles. The molecule has 0 spiro atoms. The Morgan fingerprint density at radius 1 is 1.20 bits per heavy atom. The number of ether oxygens (including phenoxy) is 2. The minimum atomic E-state index is -0.449. The summed E-state index contributed by atoms with van der Waals surface area (Å²) in [7, 11) is 2.94. The van der Waals surface area contributed by atoms with Gasteiger partial charge in [0.25, 0.3) is 5.56 Å². The number of benzene rings is 1. The van der Waals surface area contributed by atoms with Crippen LogP contribution >= 0.6 is 23.2 Å². The van der Waals surface area contributed by atoms with Crippen LogP contribution in [0.15, 0.2) is 35.8 Å². The summed E-state index contributed by atoms with van der Waals surface area (Å²) in [5, 5.41) is 10.3. The lowest BCUT2D eigenvalue weighted by Crippen LogP contribution is -2.55. The van der Waals surface area contributed by atoms with Gasteiger partial charge in [0.2, 0.25) is 11.9 Å². The molecule has 3 aromatic rings. The number of carbonyl (C=O) groups is 1. The Balaban J connectivity index is 1.69. The summed E-state index contributed by atoms with van der Waals surface area (Å²) in [6.45, 7) is 4.85. The molecule has 1 saturated heterocycles. The van der Waals surface area contributed by atoms with Crippen LogP contribution in [-0.2, 0) is 4.79 Å². The van der Waals surface area contributed by atoms with E-state index in [1.807, 2.05) is 0 Å². The van der Waals surface area contributed by atoms with Gasteiger partial charge in [0.05, 0.1) is 42.0 Å². The molecule has 1 aliphatic heterocycles. The van der Waals surface area contributed by atoms with Crippen molar-refractivity contribution in [3.05, 3.63) is 51.4 Å². The number of pyridine rings is 1. The van der Waals surface area contributed by atoms with Crippen LogP contribution in [0.25, 0.3) is 22.2 Å². The number of anilines is 1. The number of nitrogens with one attached hydrogen (secondary N) is 4. The molecular formula is C23H24Cl2N6O4. The number of carbonyl (C=O) groups excluding carboxylic acids is 1. The maximum atomic E-state index is 13.0. The third kappa shape index (κ3) is 5.04. The molecule has 0 radical (unpaired) electrons. The number of hydrogen-bond acceptors (Lipinski definition) is 8. The van der Waals surface area contributed by atoms with Crippen LogP contribution in [0.5, 0.6) is 11.5 Å². The molecule has 35 heavy (non-hydrogen) atoms. The zero-order valence-electron chi connectivity index (χ0n) is 19.1. The number of methoxy groups -OCH3 is 2. The predicted octanol–water partition coefficient (Wildman–Crippen LogP) is 2.75. The highest BCUT2D eigenvalue weighted by Crippen LogP contribution is 2.45. The number of amides is 1. The number of rotatable bonds is 7. The van der Waals surface area contributed by atoms with Gasteiger partial charge >= 0.3 is 0 Å². The third-order valence-electron chi connectivity index (χ3n) is 5.73. The maximum Gasteiger partial charge on any atom is 0.275 e. The zero-order chi connectivity index (χ0) is 25.1. The van der Waals surface area contributed by atoms with Crippen molar-refractivity contribution in [2.45, 2.75) is 18.5 Å². The first-order chi connectivity index (χ1) is 16.9. The normalized spacial score (nSPS) is 17.6. The molecule has 2 atom stereocenters. The summed E-state index contributed by atoms with van der Waals surface area (Å²) in [5.41, 5.74) is 0.460. The van der Waals surface area contributed by atoms with E-state index in [2.05, 4.69) is 37.5 Å². The van der Waals surface area contributed by atoms with Crippen molar-refractivity contribution in [3.8, 4) is 22.8 Å². The molecule has 0 bridgehead atoms. The molecule has 184 valence electrons. The van der Waals surface area contributed by atoms with Gasteiger partial charge in [0, 0.05) is 29.8 Å². The summed E-state index contributed by atoms with van der Waals surface area (Å²) in [6, 6.07) is 2.93. The van der Waals surface area contributed by atoms with Gasteiger partial charge in [0.15, 0.2) is 0 Å². The van der Waals surface area contributed by atoms with E-state index >= 15 is 0 Å². The topological polar surface area (TPSA) is 130 Å². The summed E-state index contributed by atoms with van der Waals surface area (Å²) in [5.74, 6) is 0.706. The molecule has 10 nitrogen and oxygen atoms in total. The Labute approximate surface area is 211 Å². The molecule has 0 saturated carbocycles. The molecule has 4 N–H and O–H groups in total. The van der Waals surface area contributed by atoms with E-state index in [0.29, 0.717) is 34.7 Å². The van der Waals surface area contributed by atoms with E-state index in [0.717, 1.165) is 13.0 Å². The number of piperidine rings is 1. The number of H-pyrrole nitrogens is 1. The molecule has 1 amide bonds. The summed E-state index contributed by atoms with van der Waals surface area (Å²) >= 11 is 13.0. The summed E-state index contributed by atoms with van der Waals surface area (Å²) in [4.78, 5) is 36.4. The fourth-order valence-electron chi connectivity index (χ4n) is 3.97. The van der Waals surface area contributed by atoms with E-state index in [1.165, 1.54) is 26.5 Å². The van der Waals surface area contributed by atoms with Gasteiger partial charge in [-0.25, -0.2) is 9.97 Å². The van der Waals surface area contributed by atoms with E-state index < -0.39 is 5.56 Å². The van der Waals surface area contributed by atoms with Crippen molar-refractivity contribution in [1.29, 1.82) is 0 Å². The lowest BCUT2D eigenvalue weighted by atomic mass is 10.0. The van der Waals surface area contributed by atoms with Crippen molar-refractivity contribution in [1.82, 2.24) is 25.6 Å². The Kier molecular flexibility index (Phi) is 7.44. The SMILES string of the molecule is C=CC(=O)N[C@H]1CCNC[C@H]1Nc1ncc2cc(-c3c(Cl)c(OC)cc(OC)c3Cl)[nH]c(=O)c2n1. The van der Waals surface area contributed by atoms with Crippen LogP contribution < -0.4 is 31.0 Å². The molecule has 0 unspecified atom stereocenters. The fourth-order valence-corrected chi connectivity index (χ4v) is 4.67. The molecule has 12 heteroatoms. The molecule has 4 rings (SSSR count). The van der Waals surface area contributed by atoms with Crippen LogP contribution in [0.3, 0.4) is 0 Å². The smallest absolute Gasteiger partial charge is 0.275 e. The number of hydrogen-bond donors (Lipinski definition) is 4. The van der Waals surface area contributed by atoms with Gasteiger partial charge in [-0.3, -0.25) is 9.59 Å². The van der Waals surface area contributed by atoms with Crippen molar-refractivity contribution in [3.63, 3.8) is 0 Å². The number of aromatic nitrogens is 3. The van der Waals surface area contributed by atoms with Gasteiger partial charge in [-0.15, -0.1) is 0 Å². The maximum absolute atomic E-state index is 13.0. The van der Waals surface area contributed by atoms with E-state index in [-0.39, 0.29) is 39.5 Å². The fraction of sp³-hybridized carbons (Fsp3) is 0.304. The Morgan fingerprint density at radius 2 is 1.91 bits per heavy atom. The molecular weight excluding hydrogens is 495 g/mol. The van der Waals surface area contributed by atoms with Crippen LogP contribution in [0.4, 0.5) is 5.95 Å². The first kappa shape index (κ1) is 24.8. The van der Waals surface area contributed by atoms with E-state index in [9.17, 15) is 9.59 Å². The van der Waals surface area contributed by atoms with Gasteiger partial charge in [-0.2, -0.15) is 0 Å². The van der Waals surface area contributed by atoms with Gasteiger partial charge < -0.3 is 30.4 Å². The quantitative estimate of drug-likeness (QED) is 0.351. The minimum absolute atomic E-state index is 0.144. The molecule has 3 heterocycles. The van der Waals surface area contributed by atoms with E-state index in [4.69, 9.17) is 32.7 Å². The second kappa shape index (κ2) is 10.5. The van der Waals surface area contributed by atoms with Crippen LogP contribution in [0.1, 0.15) is 6.42 Å². The third-order valence-corrected chi connectivity index (χ3v) is 6.48. The minimum Gasteiger partial charge on any atom is -0.495 e. The summed E-state index contributed by atoms with van der Waals surface area (Å²) in [6.07, 6.45) is 3.50. The Hall–Kier alpha value is -3.34. The van der Waals surface area contributed by atoms with Crippen LogP contribution in [-0.4, -0.2) is 60.3 Å². The highest BCUT2D eigenvalue weighted by Gasteiger charge is 2.27. The number of aromatic amines is 1. The van der Waals surface area contributed by atoms with Crippen molar-refractivity contribution in [2.24, 2.45) is 0 Å².